The highest BCUT2D eigenvalue weighted by Gasteiger charge is 2.32. The molecule has 2 heterocycles. The molecule has 1 amide bonds. The van der Waals surface area contributed by atoms with Crippen LogP contribution >= 0.6 is 0 Å². The van der Waals surface area contributed by atoms with Crippen molar-refractivity contribution in [3.63, 3.8) is 0 Å². The number of carbonyl (C=O) groups excluding carboxylic acids is 2. The van der Waals surface area contributed by atoms with Crippen molar-refractivity contribution in [3.8, 4) is 0 Å². The fraction of sp³-hybridized carbons (Fsp3) is 0.667. The highest BCUT2D eigenvalue weighted by Crippen LogP contribution is 2.19. The maximum atomic E-state index is 12.0. The van der Waals surface area contributed by atoms with Crippen molar-refractivity contribution in [1.82, 2.24) is 15.1 Å². The van der Waals surface area contributed by atoms with E-state index in [1.807, 2.05) is 0 Å². The molecule has 0 bridgehead atoms. The minimum atomic E-state index is -0.911. The zero-order chi connectivity index (χ0) is 16.2. The van der Waals surface area contributed by atoms with E-state index in [1.165, 1.54) is 4.68 Å². The monoisotopic (exact) mass is 308 g/mol. The van der Waals surface area contributed by atoms with Gasteiger partial charge in [-0.3, -0.25) is 9.48 Å². The SMILES string of the molecule is CCOC(=O)C(C)(C)n1cc(NC(=O)CC2CCCN2)cn1. The van der Waals surface area contributed by atoms with Crippen molar-refractivity contribution in [3.05, 3.63) is 12.4 Å². The Labute approximate surface area is 130 Å². The Morgan fingerprint density at radius 1 is 1.55 bits per heavy atom. The van der Waals surface area contributed by atoms with Crippen LogP contribution in [-0.2, 0) is 19.9 Å². The number of hydrogen-bond acceptors (Lipinski definition) is 5. The van der Waals surface area contributed by atoms with E-state index in [9.17, 15) is 9.59 Å². The molecule has 122 valence electrons. The average Bonchev–Trinajstić information content (AvgIpc) is 3.10. The minimum absolute atomic E-state index is 0.0482. The van der Waals surface area contributed by atoms with Crippen LogP contribution in [0, 0.1) is 0 Å². The Balaban J connectivity index is 1.95. The first kappa shape index (κ1) is 16.5. The fourth-order valence-electron chi connectivity index (χ4n) is 2.46. The molecule has 22 heavy (non-hydrogen) atoms. The van der Waals surface area contributed by atoms with E-state index in [0.29, 0.717) is 18.7 Å². The normalized spacial score (nSPS) is 18.2. The third-order valence-electron chi connectivity index (χ3n) is 3.81. The smallest absolute Gasteiger partial charge is 0.333 e. The van der Waals surface area contributed by atoms with Crippen LogP contribution in [0.1, 0.15) is 40.0 Å². The molecule has 7 nitrogen and oxygen atoms in total. The van der Waals surface area contributed by atoms with Gasteiger partial charge in [0.25, 0.3) is 0 Å². The van der Waals surface area contributed by atoms with E-state index in [1.54, 1.807) is 33.2 Å². The van der Waals surface area contributed by atoms with E-state index in [2.05, 4.69) is 15.7 Å². The summed E-state index contributed by atoms with van der Waals surface area (Å²) >= 11 is 0. The summed E-state index contributed by atoms with van der Waals surface area (Å²) in [6.07, 6.45) is 5.79. The van der Waals surface area contributed by atoms with Gasteiger partial charge in [0.15, 0.2) is 5.54 Å². The molecule has 0 radical (unpaired) electrons. The van der Waals surface area contributed by atoms with Crippen molar-refractivity contribution in [2.75, 3.05) is 18.5 Å². The van der Waals surface area contributed by atoms with Crippen LogP contribution in [0.4, 0.5) is 5.69 Å². The molecule has 0 saturated carbocycles. The second-order valence-corrected chi connectivity index (χ2v) is 6.00. The molecule has 2 N–H and O–H groups in total. The number of anilines is 1. The van der Waals surface area contributed by atoms with Gasteiger partial charge >= 0.3 is 5.97 Å². The third-order valence-corrected chi connectivity index (χ3v) is 3.81. The molecule has 0 aromatic carbocycles. The predicted octanol–water partition coefficient (Wildman–Crippen LogP) is 1.26. The first-order valence-electron chi connectivity index (χ1n) is 7.69. The summed E-state index contributed by atoms with van der Waals surface area (Å²) in [4.78, 5) is 23.9. The average molecular weight is 308 g/mol. The highest BCUT2D eigenvalue weighted by atomic mass is 16.5. The van der Waals surface area contributed by atoms with E-state index in [4.69, 9.17) is 4.74 Å². The number of aromatic nitrogens is 2. The largest absolute Gasteiger partial charge is 0.464 e. The molecule has 1 aliphatic heterocycles. The Morgan fingerprint density at radius 3 is 2.95 bits per heavy atom. The third kappa shape index (κ3) is 3.85. The summed E-state index contributed by atoms with van der Waals surface area (Å²) in [5, 5.41) is 10.3. The van der Waals surface area contributed by atoms with Gasteiger partial charge < -0.3 is 15.4 Å². The molecule has 0 aliphatic carbocycles. The van der Waals surface area contributed by atoms with Gasteiger partial charge in [-0.1, -0.05) is 0 Å². The zero-order valence-corrected chi connectivity index (χ0v) is 13.4. The highest BCUT2D eigenvalue weighted by molar-refractivity contribution is 5.91. The quantitative estimate of drug-likeness (QED) is 0.773. The fourth-order valence-corrected chi connectivity index (χ4v) is 2.46. The second-order valence-electron chi connectivity index (χ2n) is 6.00. The molecule has 1 saturated heterocycles. The van der Waals surface area contributed by atoms with Crippen molar-refractivity contribution in [2.45, 2.75) is 51.6 Å². The number of nitrogens with zero attached hydrogens (tertiary/aromatic N) is 2. The number of esters is 1. The van der Waals surface area contributed by atoms with E-state index < -0.39 is 5.54 Å². The lowest BCUT2D eigenvalue weighted by Gasteiger charge is -2.22. The molecular formula is C15H24N4O3. The Kier molecular flexibility index (Phi) is 5.18. The summed E-state index contributed by atoms with van der Waals surface area (Å²) in [5.41, 5.74) is -0.327. The topological polar surface area (TPSA) is 85.2 Å². The summed E-state index contributed by atoms with van der Waals surface area (Å²) in [6, 6.07) is 0.256. The first-order chi connectivity index (χ1) is 10.4. The van der Waals surface area contributed by atoms with E-state index >= 15 is 0 Å². The molecule has 1 aromatic rings. The molecular weight excluding hydrogens is 284 g/mol. The standard InChI is InChI=1S/C15H24N4O3/c1-4-22-14(21)15(2,3)19-10-12(9-17-19)18-13(20)8-11-6-5-7-16-11/h9-11,16H,4-8H2,1-3H3,(H,18,20). The van der Waals surface area contributed by atoms with E-state index in [-0.39, 0.29) is 17.9 Å². The second kappa shape index (κ2) is 6.91. The molecule has 1 aromatic heterocycles. The van der Waals surface area contributed by atoms with Crippen molar-refractivity contribution < 1.29 is 14.3 Å². The Morgan fingerprint density at radius 2 is 2.32 bits per heavy atom. The van der Waals surface area contributed by atoms with E-state index in [0.717, 1.165) is 19.4 Å². The van der Waals surface area contributed by atoms with Crippen LogP contribution in [0.25, 0.3) is 0 Å². The Bertz CT molecular complexity index is 533. The number of ether oxygens (including phenoxy) is 1. The van der Waals surface area contributed by atoms with Gasteiger partial charge in [-0.25, -0.2) is 4.79 Å². The van der Waals surface area contributed by atoms with Crippen molar-refractivity contribution in [2.24, 2.45) is 0 Å². The van der Waals surface area contributed by atoms with Gasteiger partial charge in [-0.2, -0.15) is 5.10 Å². The van der Waals surface area contributed by atoms with Crippen LogP contribution < -0.4 is 10.6 Å². The van der Waals surface area contributed by atoms with Gasteiger partial charge in [0, 0.05) is 18.7 Å². The molecule has 1 unspecified atom stereocenters. The number of rotatable bonds is 6. The van der Waals surface area contributed by atoms with Gasteiger partial charge in [0.05, 0.1) is 18.5 Å². The zero-order valence-electron chi connectivity index (χ0n) is 13.4. The number of carbonyl (C=O) groups is 2. The summed E-state index contributed by atoms with van der Waals surface area (Å²) < 4.78 is 6.55. The van der Waals surface area contributed by atoms with Crippen LogP contribution in [0.3, 0.4) is 0 Å². The van der Waals surface area contributed by atoms with Crippen LogP contribution in [-0.4, -0.2) is 40.9 Å². The lowest BCUT2D eigenvalue weighted by molar-refractivity contribution is -0.152. The summed E-state index contributed by atoms with van der Waals surface area (Å²) in [5.74, 6) is -0.404. The van der Waals surface area contributed by atoms with Crippen molar-refractivity contribution in [1.29, 1.82) is 0 Å². The maximum Gasteiger partial charge on any atom is 0.333 e. The number of nitrogens with one attached hydrogen (secondary N) is 2. The molecule has 0 spiro atoms. The Hall–Kier alpha value is -1.89. The maximum absolute atomic E-state index is 12.0. The molecule has 2 rings (SSSR count). The van der Waals surface area contributed by atoms with Crippen LogP contribution in [0.5, 0.6) is 0 Å². The van der Waals surface area contributed by atoms with Gasteiger partial charge in [0.2, 0.25) is 5.91 Å². The van der Waals surface area contributed by atoms with Crippen LogP contribution in [0.15, 0.2) is 12.4 Å². The lowest BCUT2D eigenvalue weighted by Crippen LogP contribution is -2.37. The lowest BCUT2D eigenvalue weighted by atomic mass is 10.1. The van der Waals surface area contributed by atoms with Crippen LogP contribution in [0.2, 0.25) is 0 Å². The van der Waals surface area contributed by atoms with Gasteiger partial charge in [-0.05, 0) is 40.2 Å². The first-order valence-corrected chi connectivity index (χ1v) is 7.69. The number of amides is 1. The van der Waals surface area contributed by atoms with Gasteiger partial charge in [-0.15, -0.1) is 0 Å². The summed E-state index contributed by atoms with van der Waals surface area (Å²) in [6.45, 7) is 6.52. The van der Waals surface area contributed by atoms with Crippen molar-refractivity contribution >= 4 is 17.6 Å². The number of hydrogen-bond donors (Lipinski definition) is 2. The molecule has 7 heteroatoms. The molecule has 1 atom stereocenters. The minimum Gasteiger partial charge on any atom is -0.464 e. The molecule has 1 fully saturated rings. The van der Waals surface area contributed by atoms with Gasteiger partial charge in [0.1, 0.15) is 0 Å². The predicted molar refractivity (Wildman–Crippen MR) is 82.5 cm³/mol. The molecule has 1 aliphatic rings. The summed E-state index contributed by atoms with van der Waals surface area (Å²) in [7, 11) is 0.